The zero-order chi connectivity index (χ0) is 26.8. The van der Waals surface area contributed by atoms with Crippen LogP contribution in [0.15, 0.2) is 36.4 Å². The number of hydrogen-bond acceptors (Lipinski definition) is 6. The van der Waals surface area contributed by atoms with Gasteiger partial charge in [0.2, 0.25) is 5.78 Å². The molecule has 7 nitrogen and oxygen atoms in total. The summed E-state index contributed by atoms with van der Waals surface area (Å²) in [5.41, 5.74) is 0.337. The lowest BCUT2D eigenvalue weighted by Crippen LogP contribution is -2.30. The molecule has 5 N–H and O–H groups in total. The van der Waals surface area contributed by atoms with E-state index in [-0.39, 0.29) is 50.5 Å². The van der Waals surface area contributed by atoms with Crippen molar-refractivity contribution < 1.29 is 35.1 Å². The lowest BCUT2D eigenvalue weighted by atomic mass is 10.1. The number of hydrogen-bond donors (Lipinski definition) is 5. The van der Waals surface area contributed by atoms with Gasteiger partial charge < -0.3 is 25.5 Å². The molecule has 0 atom stereocenters. The van der Waals surface area contributed by atoms with Gasteiger partial charge in [-0.05, 0) is 64.6 Å². The van der Waals surface area contributed by atoms with E-state index in [2.05, 4.69) is 6.92 Å². The van der Waals surface area contributed by atoms with E-state index in [1.807, 2.05) is 0 Å². The SMILES string of the molecule is C[13C]1(C)c2[13cH]c(O)[13cH]c(O)[13c]2C(=O)[13c]2c1[13cH]c1[13c](c[13cH]c3[13cH]c([13CH2]C[13CH2]C[13CH3])[13c](C(=O)O)c(O)[13c]31)c2O. The largest absolute Gasteiger partial charge is 0.508 e. The number of aromatic hydroxyl groups is 4. The van der Waals surface area contributed by atoms with Gasteiger partial charge in [-0.3, -0.25) is 4.79 Å². The van der Waals surface area contributed by atoms with Gasteiger partial charge in [0.25, 0.3) is 0 Å². The number of aromatic carboxylic acids is 1. The van der Waals surface area contributed by atoms with Crippen molar-refractivity contribution in [2.45, 2.75) is 51.9 Å². The summed E-state index contributed by atoms with van der Waals surface area (Å²) in [5, 5.41) is 54.8. The van der Waals surface area contributed by atoms with E-state index in [9.17, 15) is 35.1 Å². The first-order valence-electron chi connectivity index (χ1n) is 12.3. The molecule has 7 heteroatoms. The van der Waals surface area contributed by atoms with Gasteiger partial charge in [-0.15, -0.1) is 0 Å². The van der Waals surface area contributed by atoms with E-state index in [4.69, 9.17) is 0 Å². The Morgan fingerprint density at radius 1 is 0.865 bits per heavy atom. The van der Waals surface area contributed by atoms with Gasteiger partial charge in [-0.25, -0.2) is 4.79 Å². The molecular weight excluding hydrogens is 486 g/mol. The fourth-order valence-corrected chi connectivity index (χ4v) is 5.73. The Hall–Kier alpha value is -4.26. The van der Waals surface area contributed by atoms with Crippen LogP contribution < -0.4 is 0 Å². The average molecular weight is 514 g/mol. The second-order valence-electron chi connectivity index (χ2n) is 10.3. The molecule has 1 aliphatic rings. The third-order valence-electron chi connectivity index (χ3n) is 7.62. The number of carbonyl (C=O) groups is 2. The highest BCUT2D eigenvalue weighted by atomic mass is 16.4. The van der Waals surface area contributed by atoms with Crippen molar-refractivity contribution >= 4 is 33.3 Å². The topological polar surface area (TPSA) is 135 Å². The van der Waals surface area contributed by atoms with Crippen LogP contribution in [-0.4, -0.2) is 37.3 Å². The number of fused-ring (bicyclic) bond motifs is 5. The monoisotopic (exact) mass is 514 g/mol. The number of carboxylic acids is 1. The second kappa shape index (κ2) is 8.40. The number of phenols is 4. The van der Waals surface area contributed by atoms with Crippen LogP contribution in [0.25, 0.3) is 21.5 Å². The van der Waals surface area contributed by atoms with Crippen molar-refractivity contribution in [1.29, 1.82) is 0 Å². The van der Waals surface area contributed by atoms with Crippen LogP contribution in [0, 0.1) is 0 Å². The Morgan fingerprint density at radius 3 is 2.24 bits per heavy atom. The zero-order valence-electron chi connectivity index (χ0n) is 20.8. The summed E-state index contributed by atoms with van der Waals surface area (Å²) in [6.07, 6.45) is 3.21. The lowest BCUT2D eigenvalue weighted by molar-refractivity contribution is 0.0692. The maximum Gasteiger partial charge on any atom is 0.339 e. The molecule has 0 bridgehead atoms. The van der Waals surface area contributed by atoms with Crippen LogP contribution in [0.4, 0.5) is 0 Å². The number of carbonyl (C=O) groups excluding carboxylic acids is 1. The van der Waals surface area contributed by atoms with E-state index >= 15 is 0 Å². The van der Waals surface area contributed by atoms with Crippen molar-refractivity contribution in [3.05, 3.63) is 69.8 Å². The highest BCUT2D eigenvalue weighted by Crippen LogP contribution is 2.51. The number of carboxylic acid groups (broad SMARTS) is 1. The maximum atomic E-state index is 13.5. The number of ketones is 1. The van der Waals surface area contributed by atoms with Crippen molar-refractivity contribution in [1.82, 2.24) is 0 Å². The molecule has 4 aromatic rings. The molecule has 0 unspecified atom stereocenters. The van der Waals surface area contributed by atoms with Crippen LogP contribution in [0.2, 0.25) is 0 Å². The van der Waals surface area contributed by atoms with Crippen LogP contribution in [0.5, 0.6) is 23.0 Å². The van der Waals surface area contributed by atoms with Gasteiger partial charge in [0.15, 0.2) is 0 Å². The van der Waals surface area contributed by atoms with Crippen molar-refractivity contribution in [3.8, 4) is 23.0 Å². The fourth-order valence-electron chi connectivity index (χ4n) is 5.73. The Bertz CT molecular complexity index is 1650. The van der Waals surface area contributed by atoms with Crippen molar-refractivity contribution in [2.75, 3.05) is 0 Å². The summed E-state index contributed by atoms with van der Waals surface area (Å²) in [5.74, 6) is -3.08. The third kappa shape index (κ3) is 3.49. The number of aryl methyl sites for hydroxylation is 1. The predicted molar refractivity (Wildman–Crippen MR) is 140 cm³/mol. The predicted octanol–water partition coefficient (Wildman–Crippen LogP) is 6.12. The molecule has 37 heavy (non-hydrogen) atoms. The summed E-state index contributed by atoms with van der Waals surface area (Å²) >= 11 is 0. The molecule has 190 valence electrons. The first kappa shape index (κ1) is 24.4. The summed E-state index contributed by atoms with van der Waals surface area (Å²) < 4.78 is 0. The first-order chi connectivity index (χ1) is 17.5. The zero-order valence-corrected chi connectivity index (χ0v) is 20.8. The summed E-state index contributed by atoms with van der Waals surface area (Å²) in [7, 11) is 0. The lowest BCUT2D eigenvalue weighted by Gasteiger charge is -2.35. The Labute approximate surface area is 213 Å². The minimum atomic E-state index is -1.24. The van der Waals surface area contributed by atoms with Crippen LogP contribution >= 0.6 is 0 Å². The quantitative estimate of drug-likeness (QED) is 0.123. The molecule has 0 aromatic heterocycles. The smallest absolute Gasteiger partial charge is 0.339 e. The van der Waals surface area contributed by atoms with Crippen molar-refractivity contribution in [2.24, 2.45) is 0 Å². The van der Waals surface area contributed by atoms with Crippen LogP contribution in [-0.2, 0) is 11.8 Å². The second-order valence-corrected chi connectivity index (χ2v) is 10.3. The van der Waals surface area contributed by atoms with Crippen LogP contribution in [0.3, 0.4) is 0 Å². The Kier molecular flexibility index (Phi) is 5.55. The molecule has 0 radical (unpaired) electrons. The van der Waals surface area contributed by atoms with Gasteiger partial charge in [-0.2, -0.15) is 0 Å². The molecular formula is C30H28O7. The van der Waals surface area contributed by atoms with E-state index in [1.54, 1.807) is 38.1 Å². The van der Waals surface area contributed by atoms with Gasteiger partial charge in [0.05, 0.1) is 11.1 Å². The number of phenolic OH excluding ortho intramolecular Hbond substituents is 3. The summed E-state index contributed by atoms with van der Waals surface area (Å²) in [4.78, 5) is 25.7. The minimum absolute atomic E-state index is 0.0125. The molecule has 4 aromatic carbocycles. The van der Waals surface area contributed by atoms with Gasteiger partial charge in [-0.1, -0.05) is 39.7 Å². The van der Waals surface area contributed by atoms with E-state index in [0.717, 1.165) is 25.3 Å². The van der Waals surface area contributed by atoms with E-state index < -0.39 is 17.2 Å². The molecule has 0 aliphatic heterocycles. The third-order valence-corrected chi connectivity index (χ3v) is 7.62. The minimum Gasteiger partial charge on any atom is -0.508 e. The number of benzene rings is 4. The standard InChI is InChI=1S/C30H28O7/c1-4-5-6-7-14-10-15-8-9-17-18(22(15)27(34)23(14)29(36)37)13-20-25(26(17)33)28(35)24-19(30(20,2)3)11-16(31)12-21(24)32/h8-13,31-34H,4-7H2,1-3H3,(H,36,37)/i1+1,5+1,7+1,8+1,10+1,11+1,12+1,13+1,17+1,22+1,23+1,24+1,25+1,30+1. The molecule has 0 heterocycles. The summed E-state index contributed by atoms with van der Waals surface area (Å²) in [6.45, 7) is 5.67. The number of rotatable bonds is 5. The molecule has 0 saturated carbocycles. The Morgan fingerprint density at radius 2 is 1.57 bits per heavy atom. The van der Waals surface area contributed by atoms with Gasteiger partial charge in [0.1, 0.15) is 28.6 Å². The molecule has 1 aliphatic carbocycles. The highest BCUT2D eigenvalue weighted by molar-refractivity contribution is 6.22. The molecule has 0 saturated heterocycles. The molecule has 0 amide bonds. The number of unbranched alkanes of at least 4 members (excludes halogenated alkanes) is 2. The molecule has 0 fully saturated rings. The van der Waals surface area contributed by atoms with Gasteiger partial charge >= 0.3 is 5.97 Å². The first-order valence-corrected chi connectivity index (χ1v) is 12.3. The average Bonchev–Trinajstić information content (AvgIpc) is 2.81. The highest BCUT2D eigenvalue weighted by Gasteiger charge is 2.41. The maximum absolute atomic E-state index is 13.5. The molecule has 5 rings (SSSR count). The van der Waals surface area contributed by atoms with Crippen molar-refractivity contribution in [3.63, 3.8) is 0 Å². The molecule has 0 spiro atoms. The van der Waals surface area contributed by atoms with E-state index in [0.29, 0.717) is 33.9 Å². The normalized spacial score (nSPS) is 14.1. The van der Waals surface area contributed by atoms with E-state index in [1.165, 1.54) is 6.07 Å². The van der Waals surface area contributed by atoms with Gasteiger partial charge in [0, 0.05) is 22.3 Å². The van der Waals surface area contributed by atoms with Crippen LogP contribution in [0.1, 0.15) is 83.0 Å². The summed E-state index contributed by atoms with van der Waals surface area (Å²) in [6, 6.07) is 9.31. The Balaban J connectivity index is 1.86. The fraction of sp³-hybridized carbons (Fsp3) is 0.267.